The average Bonchev–Trinajstić information content (AvgIpc) is 2.96. The summed E-state index contributed by atoms with van der Waals surface area (Å²) in [5, 5.41) is 0. The number of imidazole rings is 1. The van der Waals surface area contributed by atoms with Crippen molar-refractivity contribution in [2.24, 2.45) is 0 Å². The zero-order chi connectivity index (χ0) is 10.8. The lowest BCUT2D eigenvalue weighted by molar-refractivity contribution is 0.0913. The van der Waals surface area contributed by atoms with E-state index in [0.29, 0.717) is 6.61 Å². The third kappa shape index (κ3) is 1.54. The molecule has 0 fully saturated rings. The molecular formula is C12H9N2O2. The van der Waals surface area contributed by atoms with Crippen LogP contribution in [0, 0.1) is 6.33 Å². The van der Waals surface area contributed by atoms with Crippen LogP contribution in [0.2, 0.25) is 0 Å². The lowest BCUT2D eigenvalue weighted by atomic mass is 10.3. The van der Waals surface area contributed by atoms with Crippen LogP contribution < -0.4 is 4.84 Å². The molecule has 0 saturated heterocycles. The maximum absolute atomic E-state index is 5.51. The second-order valence-electron chi connectivity index (χ2n) is 3.35. The molecule has 0 unspecified atom stereocenters. The lowest BCUT2D eigenvalue weighted by Crippen LogP contribution is -2.09. The van der Waals surface area contributed by atoms with Crippen LogP contribution >= 0.6 is 0 Å². The number of furan rings is 1. The molecular weight excluding hydrogens is 204 g/mol. The van der Waals surface area contributed by atoms with Crippen LogP contribution in [-0.2, 0) is 6.61 Å². The lowest BCUT2D eigenvalue weighted by Gasteiger charge is -2.04. The fourth-order valence-electron chi connectivity index (χ4n) is 1.50. The Morgan fingerprint density at radius 1 is 1.25 bits per heavy atom. The van der Waals surface area contributed by atoms with Crippen molar-refractivity contribution in [3.05, 3.63) is 54.7 Å². The highest BCUT2D eigenvalue weighted by atomic mass is 16.7. The number of rotatable bonds is 3. The SMILES string of the molecule is [c]1nc2ccccc2n1OCc1ccco1. The number of fused-ring (bicyclic) bond motifs is 1. The van der Waals surface area contributed by atoms with Gasteiger partial charge in [0.05, 0.1) is 11.8 Å². The van der Waals surface area contributed by atoms with E-state index in [0.717, 1.165) is 16.8 Å². The van der Waals surface area contributed by atoms with Gasteiger partial charge < -0.3 is 9.25 Å². The highest BCUT2D eigenvalue weighted by Crippen LogP contribution is 2.10. The second kappa shape index (κ2) is 3.73. The Bertz CT molecular complexity index is 584. The van der Waals surface area contributed by atoms with E-state index in [1.807, 2.05) is 36.4 Å². The van der Waals surface area contributed by atoms with Crippen LogP contribution in [0.1, 0.15) is 5.76 Å². The maximum Gasteiger partial charge on any atom is 0.216 e. The van der Waals surface area contributed by atoms with Gasteiger partial charge in [0.2, 0.25) is 6.33 Å². The van der Waals surface area contributed by atoms with E-state index in [4.69, 9.17) is 9.25 Å². The van der Waals surface area contributed by atoms with Gasteiger partial charge in [-0.15, -0.1) is 0 Å². The highest BCUT2D eigenvalue weighted by Gasteiger charge is 2.03. The van der Waals surface area contributed by atoms with Gasteiger partial charge in [-0.2, -0.15) is 4.73 Å². The molecule has 16 heavy (non-hydrogen) atoms. The van der Waals surface area contributed by atoms with Gasteiger partial charge in [0, 0.05) is 0 Å². The summed E-state index contributed by atoms with van der Waals surface area (Å²) in [6.45, 7) is 0.365. The minimum Gasteiger partial charge on any atom is -0.466 e. The number of benzene rings is 1. The van der Waals surface area contributed by atoms with Crippen molar-refractivity contribution < 1.29 is 9.25 Å². The number of para-hydroxylation sites is 2. The third-order valence-electron chi connectivity index (χ3n) is 2.28. The maximum atomic E-state index is 5.51. The minimum atomic E-state index is 0.365. The van der Waals surface area contributed by atoms with Crippen molar-refractivity contribution in [1.29, 1.82) is 0 Å². The minimum absolute atomic E-state index is 0.365. The molecule has 0 atom stereocenters. The number of hydrogen-bond acceptors (Lipinski definition) is 3. The van der Waals surface area contributed by atoms with E-state index >= 15 is 0 Å². The number of hydrogen-bond donors (Lipinski definition) is 0. The predicted molar refractivity (Wildman–Crippen MR) is 57.6 cm³/mol. The molecule has 3 rings (SSSR count). The Morgan fingerprint density at radius 2 is 2.19 bits per heavy atom. The summed E-state index contributed by atoms with van der Waals surface area (Å²) in [5.41, 5.74) is 1.76. The van der Waals surface area contributed by atoms with E-state index in [1.54, 1.807) is 6.26 Å². The molecule has 1 aromatic carbocycles. The summed E-state index contributed by atoms with van der Waals surface area (Å²) in [7, 11) is 0. The van der Waals surface area contributed by atoms with E-state index in [1.165, 1.54) is 4.73 Å². The first kappa shape index (κ1) is 9.03. The van der Waals surface area contributed by atoms with Gasteiger partial charge >= 0.3 is 0 Å². The van der Waals surface area contributed by atoms with Crippen molar-refractivity contribution >= 4 is 11.0 Å². The first-order chi connectivity index (χ1) is 7.93. The van der Waals surface area contributed by atoms with Crippen molar-refractivity contribution in [2.75, 3.05) is 0 Å². The molecule has 4 nitrogen and oxygen atoms in total. The van der Waals surface area contributed by atoms with Gasteiger partial charge in [-0.1, -0.05) is 12.1 Å². The molecule has 2 heterocycles. The fourth-order valence-corrected chi connectivity index (χ4v) is 1.50. The molecule has 0 amide bonds. The molecule has 0 aliphatic rings. The molecule has 0 aliphatic heterocycles. The molecule has 0 saturated carbocycles. The standard InChI is InChI=1S/C12H9N2O2/c1-2-6-12-11(5-1)13-9-14(12)16-8-10-4-3-7-15-10/h1-7H,8H2. The largest absolute Gasteiger partial charge is 0.466 e. The summed E-state index contributed by atoms with van der Waals surface area (Å²) in [6, 6.07) is 11.4. The molecule has 1 radical (unpaired) electrons. The molecule has 0 spiro atoms. The van der Waals surface area contributed by atoms with Gasteiger partial charge in [-0.25, -0.2) is 4.98 Å². The van der Waals surface area contributed by atoms with Crippen LogP contribution in [0.3, 0.4) is 0 Å². The first-order valence-electron chi connectivity index (χ1n) is 4.94. The van der Waals surface area contributed by atoms with Crippen LogP contribution in [0.4, 0.5) is 0 Å². The Balaban J connectivity index is 1.84. The van der Waals surface area contributed by atoms with Gasteiger partial charge in [-0.3, -0.25) is 0 Å². The van der Waals surface area contributed by atoms with Gasteiger partial charge in [0.25, 0.3) is 0 Å². The van der Waals surface area contributed by atoms with Crippen LogP contribution in [-0.4, -0.2) is 9.71 Å². The van der Waals surface area contributed by atoms with E-state index in [9.17, 15) is 0 Å². The summed E-state index contributed by atoms with van der Waals surface area (Å²) < 4.78 is 6.70. The summed E-state index contributed by atoms with van der Waals surface area (Å²) in [6.07, 6.45) is 4.40. The predicted octanol–water partition coefficient (Wildman–Crippen LogP) is 2.06. The van der Waals surface area contributed by atoms with Crippen LogP contribution in [0.15, 0.2) is 47.1 Å². The van der Waals surface area contributed by atoms with Crippen molar-refractivity contribution in [1.82, 2.24) is 9.71 Å². The third-order valence-corrected chi connectivity index (χ3v) is 2.28. The molecule has 2 aromatic heterocycles. The first-order valence-corrected chi connectivity index (χ1v) is 4.94. The summed E-state index contributed by atoms with van der Waals surface area (Å²) in [5.74, 6) is 0.770. The molecule has 0 aliphatic carbocycles. The molecule has 0 bridgehead atoms. The fraction of sp³-hybridized carbons (Fsp3) is 0.0833. The normalized spacial score (nSPS) is 10.8. The quantitative estimate of drug-likeness (QED) is 0.668. The average molecular weight is 213 g/mol. The van der Waals surface area contributed by atoms with Crippen molar-refractivity contribution in [3.63, 3.8) is 0 Å². The zero-order valence-corrected chi connectivity index (χ0v) is 8.46. The van der Waals surface area contributed by atoms with E-state index in [-0.39, 0.29) is 0 Å². The van der Waals surface area contributed by atoms with Crippen LogP contribution in [0.25, 0.3) is 11.0 Å². The van der Waals surface area contributed by atoms with E-state index in [2.05, 4.69) is 11.3 Å². The summed E-state index contributed by atoms with van der Waals surface area (Å²) >= 11 is 0. The number of nitrogens with zero attached hydrogens (tertiary/aromatic N) is 2. The van der Waals surface area contributed by atoms with Gasteiger partial charge in [-0.05, 0) is 24.3 Å². The Kier molecular flexibility index (Phi) is 2.11. The molecule has 4 heteroatoms. The Hall–Kier alpha value is -2.23. The van der Waals surface area contributed by atoms with Crippen LogP contribution in [0.5, 0.6) is 0 Å². The van der Waals surface area contributed by atoms with Crippen molar-refractivity contribution in [3.8, 4) is 0 Å². The topological polar surface area (TPSA) is 40.2 Å². The van der Waals surface area contributed by atoms with E-state index < -0.39 is 0 Å². The molecule has 0 N–H and O–H groups in total. The Morgan fingerprint density at radius 3 is 3.06 bits per heavy atom. The monoisotopic (exact) mass is 213 g/mol. The second-order valence-corrected chi connectivity index (χ2v) is 3.35. The Labute approximate surface area is 92.0 Å². The molecule has 79 valence electrons. The zero-order valence-electron chi connectivity index (χ0n) is 8.46. The smallest absolute Gasteiger partial charge is 0.216 e. The van der Waals surface area contributed by atoms with Crippen molar-refractivity contribution in [2.45, 2.75) is 6.61 Å². The van der Waals surface area contributed by atoms with Gasteiger partial charge in [0.1, 0.15) is 11.3 Å². The highest BCUT2D eigenvalue weighted by molar-refractivity contribution is 5.74. The molecule has 3 aromatic rings. The summed E-state index contributed by atoms with van der Waals surface area (Å²) in [4.78, 5) is 9.61. The number of aromatic nitrogens is 2. The van der Waals surface area contributed by atoms with Gasteiger partial charge in [0.15, 0.2) is 6.61 Å².